The molecule has 0 aromatic heterocycles. The highest BCUT2D eigenvalue weighted by Crippen LogP contribution is 2.35. The molecule has 0 atom stereocenters. The van der Waals surface area contributed by atoms with Gasteiger partial charge < -0.3 is 16.0 Å². The normalized spacial score (nSPS) is 25.3. The van der Waals surface area contributed by atoms with E-state index in [-0.39, 0.29) is 17.4 Å². The van der Waals surface area contributed by atoms with Crippen molar-refractivity contribution in [3.8, 4) is 0 Å². The van der Waals surface area contributed by atoms with Gasteiger partial charge in [-0.25, -0.2) is 4.79 Å². The molecular weight excluding hydrogens is 158 g/mol. The van der Waals surface area contributed by atoms with E-state index in [1.807, 2.05) is 0 Å². The van der Waals surface area contributed by atoms with E-state index in [9.17, 15) is 9.59 Å². The monoisotopic (exact) mass is 169 g/mol. The quantitative estimate of drug-likeness (QED) is 0.482. The lowest BCUT2D eigenvalue weighted by atomic mass is 9.79. The Hall–Kier alpha value is -1.26. The van der Waals surface area contributed by atoms with Crippen LogP contribution >= 0.6 is 0 Å². The van der Waals surface area contributed by atoms with Crippen molar-refractivity contribution < 1.29 is 9.59 Å². The molecule has 0 aliphatic carbocycles. The number of urea groups is 1. The first-order valence-corrected chi connectivity index (χ1v) is 3.92. The topological polar surface area (TPSA) is 75.4 Å². The van der Waals surface area contributed by atoms with Crippen LogP contribution < -0.4 is 11.1 Å². The van der Waals surface area contributed by atoms with Crippen LogP contribution in [0.25, 0.3) is 0 Å². The van der Waals surface area contributed by atoms with Gasteiger partial charge in [-0.2, -0.15) is 0 Å². The van der Waals surface area contributed by atoms with E-state index >= 15 is 0 Å². The molecule has 0 bridgehead atoms. The van der Waals surface area contributed by atoms with Crippen molar-refractivity contribution in [2.45, 2.75) is 6.42 Å². The average molecular weight is 169 g/mol. The Balaban J connectivity index is 1.95. The molecule has 2 aliphatic rings. The van der Waals surface area contributed by atoms with Crippen LogP contribution in [-0.2, 0) is 4.79 Å². The molecule has 3 N–H and O–H groups in total. The van der Waals surface area contributed by atoms with E-state index < -0.39 is 0 Å². The van der Waals surface area contributed by atoms with E-state index in [1.165, 1.54) is 0 Å². The smallest absolute Gasteiger partial charge is 0.314 e. The lowest BCUT2D eigenvalue weighted by Gasteiger charge is -2.45. The SMILES string of the molecule is NC(=O)N1CC2(CNC(=O)C2)C1. The summed E-state index contributed by atoms with van der Waals surface area (Å²) in [5.41, 5.74) is 5.07. The van der Waals surface area contributed by atoms with Gasteiger partial charge in [-0.1, -0.05) is 0 Å². The molecule has 2 saturated heterocycles. The van der Waals surface area contributed by atoms with Crippen molar-refractivity contribution >= 4 is 11.9 Å². The third-order valence-electron chi connectivity index (χ3n) is 2.56. The van der Waals surface area contributed by atoms with Crippen molar-refractivity contribution in [1.29, 1.82) is 0 Å². The van der Waals surface area contributed by atoms with Crippen molar-refractivity contribution in [2.75, 3.05) is 19.6 Å². The fourth-order valence-corrected chi connectivity index (χ4v) is 1.89. The van der Waals surface area contributed by atoms with Gasteiger partial charge in [0.25, 0.3) is 0 Å². The molecule has 1 spiro atoms. The second-order valence-electron chi connectivity index (χ2n) is 3.65. The Kier molecular flexibility index (Phi) is 1.31. The Morgan fingerprint density at radius 3 is 2.67 bits per heavy atom. The molecule has 0 saturated carbocycles. The second-order valence-corrected chi connectivity index (χ2v) is 3.65. The third kappa shape index (κ3) is 0.929. The number of nitrogens with zero attached hydrogens (tertiary/aromatic N) is 1. The van der Waals surface area contributed by atoms with E-state index in [4.69, 9.17) is 5.73 Å². The first-order chi connectivity index (χ1) is 5.61. The molecule has 3 amide bonds. The van der Waals surface area contributed by atoms with Crippen LogP contribution in [0.3, 0.4) is 0 Å². The van der Waals surface area contributed by atoms with Gasteiger partial charge in [0.1, 0.15) is 0 Å². The van der Waals surface area contributed by atoms with Gasteiger partial charge in [-0.3, -0.25) is 4.79 Å². The van der Waals surface area contributed by atoms with Gasteiger partial charge in [0, 0.05) is 31.5 Å². The fraction of sp³-hybridized carbons (Fsp3) is 0.714. The number of carbonyl (C=O) groups is 2. The van der Waals surface area contributed by atoms with Gasteiger partial charge in [-0.15, -0.1) is 0 Å². The molecule has 0 aromatic rings. The zero-order valence-corrected chi connectivity index (χ0v) is 6.67. The maximum atomic E-state index is 10.9. The Bertz CT molecular complexity index is 245. The van der Waals surface area contributed by atoms with Crippen LogP contribution in [0, 0.1) is 5.41 Å². The molecule has 2 aliphatic heterocycles. The Morgan fingerprint density at radius 1 is 1.58 bits per heavy atom. The largest absolute Gasteiger partial charge is 0.355 e. The molecule has 66 valence electrons. The van der Waals surface area contributed by atoms with Crippen molar-refractivity contribution in [3.05, 3.63) is 0 Å². The van der Waals surface area contributed by atoms with Crippen molar-refractivity contribution in [2.24, 2.45) is 11.1 Å². The molecule has 5 heteroatoms. The minimum atomic E-state index is -0.389. The molecular formula is C7H11N3O2. The second kappa shape index (κ2) is 2.12. The number of nitrogens with one attached hydrogen (secondary N) is 1. The molecule has 2 fully saturated rings. The summed E-state index contributed by atoms with van der Waals surface area (Å²) in [5.74, 6) is 0.0825. The maximum Gasteiger partial charge on any atom is 0.314 e. The summed E-state index contributed by atoms with van der Waals surface area (Å²) in [4.78, 5) is 23.1. The Labute approximate surface area is 69.9 Å². The fourth-order valence-electron chi connectivity index (χ4n) is 1.89. The highest BCUT2D eigenvalue weighted by Gasteiger charge is 2.49. The first kappa shape index (κ1) is 7.39. The number of carbonyl (C=O) groups excluding carboxylic acids is 2. The zero-order chi connectivity index (χ0) is 8.77. The van der Waals surface area contributed by atoms with Gasteiger partial charge >= 0.3 is 6.03 Å². The minimum Gasteiger partial charge on any atom is -0.355 e. The van der Waals surface area contributed by atoms with Gasteiger partial charge in [0.05, 0.1) is 0 Å². The Morgan fingerprint density at radius 2 is 2.25 bits per heavy atom. The molecule has 2 rings (SSSR count). The zero-order valence-electron chi connectivity index (χ0n) is 6.67. The van der Waals surface area contributed by atoms with Crippen LogP contribution in [0.4, 0.5) is 4.79 Å². The molecule has 5 nitrogen and oxygen atoms in total. The van der Waals surface area contributed by atoms with E-state index in [0.717, 1.165) is 0 Å². The number of amides is 3. The summed E-state index contributed by atoms with van der Waals surface area (Å²) in [7, 11) is 0. The van der Waals surface area contributed by atoms with Crippen LogP contribution in [0.1, 0.15) is 6.42 Å². The van der Waals surface area contributed by atoms with Gasteiger partial charge in [-0.05, 0) is 0 Å². The number of primary amides is 1. The van der Waals surface area contributed by atoms with Crippen LogP contribution in [0.2, 0.25) is 0 Å². The van der Waals surface area contributed by atoms with Gasteiger partial charge in [0.2, 0.25) is 5.91 Å². The number of hydrogen-bond donors (Lipinski definition) is 2. The van der Waals surface area contributed by atoms with Crippen molar-refractivity contribution in [3.63, 3.8) is 0 Å². The average Bonchev–Trinajstić information content (AvgIpc) is 2.27. The predicted molar refractivity (Wildman–Crippen MR) is 41.2 cm³/mol. The lowest BCUT2D eigenvalue weighted by molar-refractivity contribution is -0.120. The summed E-state index contributed by atoms with van der Waals surface area (Å²) < 4.78 is 0. The van der Waals surface area contributed by atoms with E-state index in [2.05, 4.69) is 5.32 Å². The summed E-state index contributed by atoms with van der Waals surface area (Å²) in [6.07, 6.45) is 0.538. The number of likely N-dealkylation sites (tertiary alicyclic amines) is 1. The van der Waals surface area contributed by atoms with Crippen LogP contribution in [0.15, 0.2) is 0 Å². The van der Waals surface area contributed by atoms with Crippen LogP contribution in [0.5, 0.6) is 0 Å². The summed E-state index contributed by atoms with van der Waals surface area (Å²) in [5, 5.41) is 2.75. The molecule has 0 aromatic carbocycles. The number of nitrogens with two attached hydrogens (primary N) is 1. The summed E-state index contributed by atoms with van der Waals surface area (Å²) in [6.45, 7) is 1.94. The highest BCUT2D eigenvalue weighted by atomic mass is 16.2. The van der Waals surface area contributed by atoms with Crippen LogP contribution in [-0.4, -0.2) is 36.5 Å². The maximum absolute atomic E-state index is 10.9. The van der Waals surface area contributed by atoms with Crippen molar-refractivity contribution in [1.82, 2.24) is 10.2 Å². The molecule has 12 heavy (non-hydrogen) atoms. The van der Waals surface area contributed by atoms with Gasteiger partial charge in [0.15, 0.2) is 0 Å². The standard InChI is InChI=1S/C7H11N3O2/c8-6(12)10-3-7(4-10)1-5(11)9-2-7/h1-4H2,(H2,8,12)(H,9,11). The first-order valence-electron chi connectivity index (χ1n) is 3.92. The number of hydrogen-bond acceptors (Lipinski definition) is 2. The molecule has 0 radical (unpaired) electrons. The lowest BCUT2D eigenvalue weighted by Crippen LogP contribution is -2.60. The molecule has 0 unspecified atom stereocenters. The number of rotatable bonds is 0. The molecule has 2 heterocycles. The summed E-state index contributed by atoms with van der Waals surface area (Å²) >= 11 is 0. The predicted octanol–water partition coefficient (Wildman–Crippen LogP) is -1.11. The van der Waals surface area contributed by atoms with E-state index in [0.29, 0.717) is 26.1 Å². The summed E-state index contributed by atoms with van der Waals surface area (Å²) in [6, 6.07) is -0.389. The minimum absolute atomic E-state index is 0.00606. The third-order valence-corrected chi connectivity index (χ3v) is 2.56. The van der Waals surface area contributed by atoms with E-state index in [1.54, 1.807) is 4.90 Å². The highest BCUT2D eigenvalue weighted by molar-refractivity contribution is 5.81.